The van der Waals surface area contributed by atoms with Crippen LogP contribution in [0, 0.1) is 24.1 Å². The molecule has 0 unspecified atom stereocenters. The number of rotatable bonds is 4. The maximum Gasteiger partial charge on any atom is 0.299 e. The third-order valence-electron chi connectivity index (χ3n) is 3.14. The molecule has 1 heterocycles. The molecule has 1 aliphatic rings. The molecule has 0 radical (unpaired) electrons. The van der Waals surface area contributed by atoms with E-state index in [2.05, 4.69) is 0 Å². The largest absolute Gasteiger partial charge is 0.304 e. The van der Waals surface area contributed by atoms with Gasteiger partial charge in [0.15, 0.2) is 0 Å². The van der Waals surface area contributed by atoms with Gasteiger partial charge in [-0.15, -0.1) is 0 Å². The summed E-state index contributed by atoms with van der Waals surface area (Å²) in [5.74, 6) is -1.78. The van der Waals surface area contributed by atoms with Crippen molar-refractivity contribution in [2.24, 2.45) is 0 Å². The van der Waals surface area contributed by atoms with Gasteiger partial charge in [-0.25, -0.2) is 4.39 Å². The van der Waals surface area contributed by atoms with E-state index in [1.807, 2.05) is 6.07 Å². The van der Waals surface area contributed by atoms with Crippen LogP contribution in [0.4, 0.5) is 10.1 Å². The molecule has 0 fully saturated rings. The van der Waals surface area contributed by atoms with E-state index in [-0.39, 0.29) is 5.56 Å². The maximum absolute atomic E-state index is 13.3. The zero-order valence-electron chi connectivity index (χ0n) is 10.6. The standard InChI is InChI=1S/C14H13FN2O2/c1-9-7-10(15)8-11-12(9)17(14(19)13(11)18)6-4-2-3-5-16/h7-8H,2-4,6H2,1H3. The molecular formula is C14H13FN2O2. The number of Topliss-reactive ketones (excluding diaryl/α,β-unsaturated/α-hetero) is 1. The van der Waals surface area contributed by atoms with Gasteiger partial charge in [0.05, 0.1) is 17.3 Å². The van der Waals surface area contributed by atoms with Gasteiger partial charge in [0.1, 0.15) is 5.82 Å². The maximum atomic E-state index is 13.3. The summed E-state index contributed by atoms with van der Waals surface area (Å²) in [6, 6.07) is 4.45. The smallest absolute Gasteiger partial charge is 0.299 e. The number of ketones is 1. The van der Waals surface area contributed by atoms with Crippen molar-refractivity contribution >= 4 is 17.4 Å². The number of nitrogens with zero attached hydrogens (tertiary/aromatic N) is 2. The highest BCUT2D eigenvalue weighted by Crippen LogP contribution is 2.33. The lowest BCUT2D eigenvalue weighted by Crippen LogP contribution is -2.31. The van der Waals surface area contributed by atoms with Crippen LogP contribution in [-0.2, 0) is 4.79 Å². The van der Waals surface area contributed by atoms with Crippen LogP contribution in [0.5, 0.6) is 0 Å². The molecule has 5 heteroatoms. The first kappa shape index (κ1) is 13.2. The van der Waals surface area contributed by atoms with Crippen LogP contribution < -0.4 is 4.90 Å². The first-order valence-corrected chi connectivity index (χ1v) is 6.09. The van der Waals surface area contributed by atoms with Crippen molar-refractivity contribution in [1.29, 1.82) is 5.26 Å². The molecule has 1 amide bonds. The van der Waals surface area contributed by atoms with Crippen LogP contribution in [0.15, 0.2) is 12.1 Å². The Balaban J connectivity index is 2.26. The lowest BCUT2D eigenvalue weighted by atomic mass is 10.1. The van der Waals surface area contributed by atoms with Crippen molar-refractivity contribution in [1.82, 2.24) is 0 Å². The SMILES string of the molecule is Cc1cc(F)cc2c1N(CCCCC#N)C(=O)C2=O. The van der Waals surface area contributed by atoms with E-state index in [9.17, 15) is 14.0 Å². The number of halogens is 1. The predicted molar refractivity (Wildman–Crippen MR) is 67.3 cm³/mol. The number of aryl methyl sites for hydroxylation is 1. The molecule has 0 aromatic heterocycles. The van der Waals surface area contributed by atoms with E-state index in [1.54, 1.807) is 6.92 Å². The first-order valence-electron chi connectivity index (χ1n) is 6.09. The molecule has 0 saturated carbocycles. The van der Waals surface area contributed by atoms with Gasteiger partial charge in [-0.05, 0) is 37.5 Å². The molecule has 4 nitrogen and oxygen atoms in total. The summed E-state index contributed by atoms with van der Waals surface area (Å²) in [6.45, 7) is 2.06. The van der Waals surface area contributed by atoms with Crippen molar-refractivity contribution < 1.29 is 14.0 Å². The Morgan fingerprint density at radius 2 is 2.05 bits per heavy atom. The van der Waals surface area contributed by atoms with Crippen LogP contribution in [0.2, 0.25) is 0 Å². The summed E-state index contributed by atoms with van der Waals surface area (Å²) in [5, 5.41) is 8.46. The number of unbranched alkanes of at least 4 members (excludes halogenated alkanes) is 2. The summed E-state index contributed by atoms with van der Waals surface area (Å²) in [7, 11) is 0. The van der Waals surface area contributed by atoms with Crippen LogP contribution in [-0.4, -0.2) is 18.2 Å². The summed E-state index contributed by atoms with van der Waals surface area (Å²) in [4.78, 5) is 25.1. The Kier molecular flexibility index (Phi) is 3.61. The van der Waals surface area contributed by atoms with Gasteiger partial charge in [0, 0.05) is 13.0 Å². The van der Waals surface area contributed by atoms with Gasteiger partial charge in [0.2, 0.25) is 0 Å². The first-order chi connectivity index (χ1) is 9.06. The summed E-state index contributed by atoms with van der Waals surface area (Å²) < 4.78 is 13.3. The van der Waals surface area contributed by atoms with E-state index in [0.29, 0.717) is 37.1 Å². The molecule has 1 aromatic rings. The molecule has 1 aromatic carbocycles. The number of anilines is 1. The summed E-state index contributed by atoms with van der Waals surface area (Å²) in [6.07, 6.45) is 1.73. The fraction of sp³-hybridized carbons (Fsp3) is 0.357. The Hall–Kier alpha value is -2.22. The van der Waals surface area contributed by atoms with Gasteiger partial charge in [-0.2, -0.15) is 5.26 Å². The fourth-order valence-electron chi connectivity index (χ4n) is 2.29. The highest BCUT2D eigenvalue weighted by molar-refractivity contribution is 6.52. The minimum Gasteiger partial charge on any atom is -0.304 e. The van der Waals surface area contributed by atoms with Crippen molar-refractivity contribution in [3.8, 4) is 6.07 Å². The van der Waals surface area contributed by atoms with Crippen LogP contribution in [0.25, 0.3) is 0 Å². The second-order valence-electron chi connectivity index (χ2n) is 4.52. The van der Waals surface area contributed by atoms with E-state index >= 15 is 0 Å². The predicted octanol–water partition coefficient (Wildman–Crippen LogP) is 2.36. The number of benzene rings is 1. The topological polar surface area (TPSA) is 61.2 Å². The lowest BCUT2D eigenvalue weighted by molar-refractivity contribution is -0.114. The number of hydrogen-bond acceptors (Lipinski definition) is 3. The van der Waals surface area contributed by atoms with Crippen molar-refractivity contribution in [2.75, 3.05) is 11.4 Å². The summed E-state index contributed by atoms with van der Waals surface area (Å²) >= 11 is 0. The number of hydrogen-bond donors (Lipinski definition) is 0. The minimum absolute atomic E-state index is 0.141. The van der Waals surface area contributed by atoms with Crippen molar-refractivity contribution in [2.45, 2.75) is 26.2 Å². The summed E-state index contributed by atoms with van der Waals surface area (Å²) in [5.41, 5.74) is 1.23. The van der Waals surface area contributed by atoms with Gasteiger partial charge < -0.3 is 4.90 Å². The molecule has 2 rings (SSSR count). The van der Waals surface area contributed by atoms with Gasteiger partial charge >= 0.3 is 0 Å². The van der Waals surface area contributed by atoms with E-state index in [0.717, 1.165) is 6.07 Å². The number of carbonyl (C=O) groups is 2. The van der Waals surface area contributed by atoms with Crippen LogP contribution >= 0.6 is 0 Å². The zero-order valence-corrected chi connectivity index (χ0v) is 10.6. The molecule has 0 aliphatic carbocycles. The molecule has 0 saturated heterocycles. The van der Waals surface area contributed by atoms with Crippen molar-refractivity contribution in [3.05, 3.63) is 29.1 Å². The second kappa shape index (κ2) is 5.19. The Bertz CT molecular complexity index is 590. The average Bonchev–Trinajstić information content (AvgIpc) is 2.60. The molecule has 19 heavy (non-hydrogen) atoms. The van der Waals surface area contributed by atoms with Crippen LogP contribution in [0.3, 0.4) is 0 Å². The third kappa shape index (κ3) is 2.34. The van der Waals surface area contributed by atoms with Gasteiger partial charge in [-0.1, -0.05) is 0 Å². The van der Waals surface area contributed by atoms with Crippen LogP contribution in [0.1, 0.15) is 35.2 Å². The number of amides is 1. The van der Waals surface area contributed by atoms with E-state index in [1.165, 1.54) is 11.0 Å². The Morgan fingerprint density at radius 3 is 2.74 bits per heavy atom. The minimum atomic E-state index is -0.655. The highest BCUT2D eigenvalue weighted by atomic mass is 19.1. The van der Waals surface area contributed by atoms with Gasteiger partial charge in [-0.3, -0.25) is 9.59 Å². The average molecular weight is 260 g/mol. The van der Waals surface area contributed by atoms with Gasteiger partial charge in [0.25, 0.3) is 11.7 Å². The number of carbonyl (C=O) groups excluding carboxylic acids is 2. The Morgan fingerprint density at radius 1 is 1.32 bits per heavy atom. The molecule has 0 atom stereocenters. The number of nitriles is 1. The molecule has 0 spiro atoms. The Labute approximate surface area is 110 Å². The number of fused-ring (bicyclic) bond motifs is 1. The molecule has 1 aliphatic heterocycles. The fourth-order valence-corrected chi connectivity index (χ4v) is 2.29. The zero-order chi connectivity index (χ0) is 14.0. The normalized spacial score (nSPS) is 13.6. The second-order valence-corrected chi connectivity index (χ2v) is 4.52. The molecule has 0 bridgehead atoms. The lowest BCUT2D eigenvalue weighted by Gasteiger charge is -2.18. The third-order valence-corrected chi connectivity index (χ3v) is 3.14. The molecular weight excluding hydrogens is 247 g/mol. The molecule has 0 N–H and O–H groups in total. The van der Waals surface area contributed by atoms with E-state index in [4.69, 9.17) is 5.26 Å². The van der Waals surface area contributed by atoms with Crippen molar-refractivity contribution in [3.63, 3.8) is 0 Å². The quantitative estimate of drug-likeness (QED) is 0.616. The monoisotopic (exact) mass is 260 g/mol. The highest BCUT2D eigenvalue weighted by Gasteiger charge is 2.36. The van der Waals surface area contributed by atoms with E-state index < -0.39 is 17.5 Å². The molecule has 98 valence electrons.